The van der Waals surface area contributed by atoms with Crippen LogP contribution < -0.4 is 5.73 Å². The van der Waals surface area contributed by atoms with E-state index in [1.807, 2.05) is 14.0 Å². The SMILES string of the molecule is CC(C(=O)N1CCN(C)CC1C)C(N)=NO. The van der Waals surface area contributed by atoms with Crippen molar-refractivity contribution in [2.24, 2.45) is 16.8 Å². The van der Waals surface area contributed by atoms with E-state index < -0.39 is 5.92 Å². The molecule has 0 spiro atoms. The lowest BCUT2D eigenvalue weighted by Crippen LogP contribution is -2.55. The molecule has 0 saturated carbocycles. The Hall–Kier alpha value is -1.30. The van der Waals surface area contributed by atoms with Gasteiger partial charge in [0.25, 0.3) is 0 Å². The van der Waals surface area contributed by atoms with Crippen LogP contribution in [0, 0.1) is 5.92 Å². The minimum Gasteiger partial charge on any atom is -0.409 e. The molecule has 1 amide bonds. The number of piperazine rings is 1. The highest BCUT2D eigenvalue weighted by Crippen LogP contribution is 2.12. The number of amides is 1. The smallest absolute Gasteiger partial charge is 0.233 e. The lowest BCUT2D eigenvalue weighted by Gasteiger charge is -2.39. The van der Waals surface area contributed by atoms with E-state index in [9.17, 15) is 4.79 Å². The average molecular weight is 228 g/mol. The number of oxime groups is 1. The third-order valence-corrected chi connectivity index (χ3v) is 3.04. The van der Waals surface area contributed by atoms with Crippen LogP contribution in [-0.4, -0.2) is 59.5 Å². The summed E-state index contributed by atoms with van der Waals surface area (Å²) in [5, 5.41) is 11.4. The van der Waals surface area contributed by atoms with Gasteiger partial charge in [0.15, 0.2) is 5.84 Å². The third kappa shape index (κ3) is 2.63. The van der Waals surface area contributed by atoms with Gasteiger partial charge in [0, 0.05) is 25.7 Å². The summed E-state index contributed by atoms with van der Waals surface area (Å²) in [6, 6.07) is 0.167. The lowest BCUT2D eigenvalue weighted by atomic mass is 10.1. The van der Waals surface area contributed by atoms with Crippen molar-refractivity contribution in [1.29, 1.82) is 0 Å². The molecule has 92 valence electrons. The van der Waals surface area contributed by atoms with E-state index in [2.05, 4.69) is 10.1 Å². The topological polar surface area (TPSA) is 82.2 Å². The number of hydrogen-bond acceptors (Lipinski definition) is 4. The Labute approximate surface area is 95.7 Å². The van der Waals surface area contributed by atoms with Crippen molar-refractivity contribution in [1.82, 2.24) is 9.80 Å². The van der Waals surface area contributed by atoms with Crippen LogP contribution in [0.5, 0.6) is 0 Å². The molecule has 1 fully saturated rings. The van der Waals surface area contributed by atoms with Crippen LogP contribution in [0.1, 0.15) is 13.8 Å². The van der Waals surface area contributed by atoms with E-state index >= 15 is 0 Å². The first kappa shape index (κ1) is 12.8. The molecule has 1 rings (SSSR count). The van der Waals surface area contributed by atoms with Gasteiger partial charge in [0.05, 0.1) is 5.92 Å². The number of carbonyl (C=O) groups excluding carboxylic acids is 1. The molecule has 0 radical (unpaired) electrons. The van der Waals surface area contributed by atoms with E-state index in [-0.39, 0.29) is 17.8 Å². The van der Waals surface area contributed by atoms with Crippen LogP contribution >= 0.6 is 0 Å². The minimum atomic E-state index is -0.559. The highest BCUT2D eigenvalue weighted by Gasteiger charge is 2.30. The Morgan fingerprint density at radius 3 is 2.69 bits per heavy atom. The molecule has 0 aliphatic carbocycles. The van der Waals surface area contributed by atoms with Gasteiger partial charge in [0.1, 0.15) is 0 Å². The Morgan fingerprint density at radius 1 is 1.56 bits per heavy atom. The summed E-state index contributed by atoms with van der Waals surface area (Å²) in [5.41, 5.74) is 5.44. The fourth-order valence-corrected chi connectivity index (χ4v) is 1.93. The average Bonchev–Trinajstić information content (AvgIpc) is 2.26. The molecule has 0 aromatic rings. The first-order valence-electron chi connectivity index (χ1n) is 5.43. The van der Waals surface area contributed by atoms with E-state index in [1.54, 1.807) is 11.8 Å². The van der Waals surface area contributed by atoms with Gasteiger partial charge in [-0.05, 0) is 20.9 Å². The molecule has 0 bridgehead atoms. The summed E-state index contributed by atoms with van der Waals surface area (Å²) in [5.74, 6) is -0.664. The normalized spacial score (nSPS) is 25.6. The first-order chi connectivity index (χ1) is 7.47. The zero-order valence-corrected chi connectivity index (χ0v) is 10.1. The van der Waals surface area contributed by atoms with Crippen molar-refractivity contribution >= 4 is 11.7 Å². The molecule has 2 unspecified atom stereocenters. The largest absolute Gasteiger partial charge is 0.409 e. The molecule has 6 nitrogen and oxygen atoms in total. The van der Waals surface area contributed by atoms with Gasteiger partial charge < -0.3 is 20.7 Å². The fourth-order valence-electron chi connectivity index (χ4n) is 1.93. The maximum Gasteiger partial charge on any atom is 0.233 e. The lowest BCUT2D eigenvalue weighted by molar-refractivity contribution is -0.137. The molecule has 3 N–H and O–H groups in total. The molecule has 0 aromatic carbocycles. The quantitative estimate of drug-likeness (QED) is 0.290. The van der Waals surface area contributed by atoms with Crippen molar-refractivity contribution in [3.05, 3.63) is 0 Å². The predicted molar refractivity (Wildman–Crippen MR) is 61.2 cm³/mol. The molecule has 6 heteroatoms. The van der Waals surface area contributed by atoms with E-state index in [0.717, 1.165) is 13.1 Å². The first-order valence-corrected chi connectivity index (χ1v) is 5.43. The second-order valence-electron chi connectivity index (χ2n) is 4.39. The van der Waals surface area contributed by atoms with Gasteiger partial charge in [-0.1, -0.05) is 5.16 Å². The van der Waals surface area contributed by atoms with Crippen molar-refractivity contribution in [2.75, 3.05) is 26.7 Å². The standard InChI is InChI=1S/C10H20N4O2/c1-7-6-13(3)4-5-14(7)10(15)8(2)9(11)12-16/h7-8,16H,4-6H2,1-3H3,(H2,11,12). The summed E-state index contributed by atoms with van der Waals surface area (Å²) in [7, 11) is 2.03. The minimum absolute atomic E-state index is 0.0314. The highest BCUT2D eigenvalue weighted by molar-refractivity contribution is 6.01. The summed E-state index contributed by atoms with van der Waals surface area (Å²) < 4.78 is 0. The number of likely N-dealkylation sites (N-methyl/N-ethyl adjacent to an activating group) is 1. The van der Waals surface area contributed by atoms with Crippen molar-refractivity contribution in [2.45, 2.75) is 19.9 Å². The summed E-state index contributed by atoms with van der Waals surface area (Å²) in [6.45, 7) is 6.07. The van der Waals surface area contributed by atoms with Crippen LogP contribution in [0.25, 0.3) is 0 Å². The molecule has 16 heavy (non-hydrogen) atoms. The van der Waals surface area contributed by atoms with Crippen LogP contribution in [0.3, 0.4) is 0 Å². The van der Waals surface area contributed by atoms with Crippen LogP contribution in [0.15, 0.2) is 5.16 Å². The summed E-state index contributed by atoms with van der Waals surface area (Å²) in [4.78, 5) is 16.0. The molecular weight excluding hydrogens is 208 g/mol. The van der Waals surface area contributed by atoms with Crippen molar-refractivity contribution < 1.29 is 10.0 Å². The maximum absolute atomic E-state index is 12.1. The Balaban J connectivity index is 2.67. The highest BCUT2D eigenvalue weighted by atomic mass is 16.4. The zero-order chi connectivity index (χ0) is 12.3. The zero-order valence-electron chi connectivity index (χ0n) is 10.1. The van der Waals surface area contributed by atoms with Crippen LogP contribution in [0.4, 0.5) is 0 Å². The van der Waals surface area contributed by atoms with E-state index in [1.165, 1.54) is 0 Å². The van der Waals surface area contributed by atoms with Crippen LogP contribution in [-0.2, 0) is 4.79 Å². The van der Waals surface area contributed by atoms with E-state index in [4.69, 9.17) is 10.9 Å². The van der Waals surface area contributed by atoms with Gasteiger partial charge in [-0.2, -0.15) is 0 Å². The van der Waals surface area contributed by atoms with Gasteiger partial charge in [0.2, 0.25) is 5.91 Å². The van der Waals surface area contributed by atoms with Gasteiger partial charge in [-0.15, -0.1) is 0 Å². The molecule has 1 heterocycles. The number of rotatable bonds is 2. The second-order valence-corrected chi connectivity index (χ2v) is 4.39. The Bertz CT molecular complexity index is 293. The number of amidine groups is 1. The maximum atomic E-state index is 12.1. The summed E-state index contributed by atoms with van der Waals surface area (Å²) in [6.07, 6.45) is 0. The molecule has 2 atom stereocenters. The number of nitrogens with two attached hydrogens (primary N) is 1. The monoisotopic (exact) mass is 228 g/mol. The number of nitrogens with zero attached hydrogens (tertiary/aromatic N) is 3. The van der Waals surface area contributed by atoms with Gasteiger partial charge in [-0.25, -0.2) is 0 Å². The Kier molecular flexibility index (Phi) is 4.12. The molecule has 1 aliphatic rings. The fraction of sp³-hybridized carbons (Fsp3) is 0.800. The van der Waals surface area contributed by atoms with Crippen LogP contribution in [0.2, 0.25) is 0 Å². The molecule has 0 aromatic heterocycles. The Morgan fingerprint density at radius 2 is 2.19 bits per heavy atom. The molecule has 1 saturated heterocycles. The van der Waals surface area contributed by atoms with Crippen molar-refractivity contribution in [3.63, 3.8) is 0 Å². The van der Waals surface area contributed by atoms with Crippen molar-refractivity contribution in [3.8, 4) is 0 Å². The third-order valence-electron chi connectivity index (χ3n) is 3.04. The molecule has 1 aliphatic heterocycles. The summed E-state index contributed by atoms with van der Waals surface area (Å²) >= 11 is 0. The number of carbonyl (C=O) groups is 1. The van der Waals surface area contributed by atoms with Gasteiger partial charge in [-0.3, -0.25) is 4.79 Å². The predicted octanol–water partition coefficient (Wildman–Crippen LogP) is -0.469. The number of hydrogen-bond donors (Lipinski definition) is 2. The van der Waals surface area contributed by atoms with Gasteiger partial charge >= 0.3 is 0 Å². The molecular formula is C10H20N4O2. The second kappa shape index (κ2) is 5.16. The van der Waals surface area contributed by atoms with E-state index in [0.29, 0.717) is 6.54 Å².